The van der Waals surface area contributed by atoms with Crippen LogP contribution in [0.2, 0.25) is 0 Å². The molecule has 0 unspecified atom stereocenters. The highest BCUT2D eigenvalue weighted by Crippen LogP contribution is 2.20. The van der Waals surface area contributed by atoms with E-state index >= 15 is 0 Å². The normalized spacial score (nSPS) is 14.0. The number of nitrogens with zero attached hydrogens (tertiary/aromatic N) is 2. The molecule has 0 saturated carbocycles. The fraction of sp³-hybridized carbons (Fsp3) is 0.364. The number of anilines is 1. The molecule has 0 spiro atoms. The second kappa shape index (κ2) is 9.46. The van der Waals surface area contributed by atoms with Crippen molar-refractivity contribution in [1.82, 2.24) is 4.90 Å². The summed E-state index contributed by atoms with van der Waals surface area (Å²) in [5.74, 6) is -0.280. The first-order valence-corrected chi connectivity index (χ1v) is 9.56. The van der Waals surface area contributed by atoms with Crippen LogP contribution in [0.1, 0.15) is 24.5 Å². The number of hydrogen-bond acceptors (Lipinski definition) is 3. The summed E-state index contributed by atoms with van der Waals surface area (Å²) in [7, 11) is 0. The minimum Gasteiger partial charge on any atom is -0.378 e. The molecule has 0 aliphatic carbocycles. The number of amides is 2. The lowest BCUT2D eigenvalue weighted by Gasteiger charge is -2.27. The van der Waals surface area contributed by atoms with Gasteiger partial charge in [0.1, 0.15) is 5.82 Å². The molecule has 0 atom stereocenters. The Hall–Kier alpha value is -2.73. The van der Waals surface area contributed by atoms with Gasteiger partial charge in [0.2, 0.25) is 11.8 Å². The second-order valence-electron chi connectivity index (χ2n) is 6.80. The SMILES string of the molecule is CCC(=O)N(Cc1cccc(F)c1)c1ccc(CC(=O)N2CCOCC2)cc1. The van der Waals surface area contributed by atoms with Gasteiger partial charge in [0.05, 0.1) is 26.2 Å². The molecule has 2 aromatic carbocycles. The Morgan fingerprint density at radius 2 is 1.79 bits per heavy atom. The van der Waals surface area contributed by atoms with Crippen LogP contribution in [0.3, 0.4) is 0 Å². The van der Waals surface area contributed by atoms with Gasteiger partial charge >= 0.3 is 0 Å². The number of hydrogen-bond donors (Lipinski definition) is 0. The second-order valence-corrected chi connectivity index (χ2v) is 6.80. The Kier molecular flexibility index (Phi) is 6.76. The number of benzene rings is 2. The molecule has 0 radical (unpaired) electrons. The van der Waals surface area contributed by atoms with Crippen molar-refractivity contribution < 1.29 is 18.7 Å². The molecule has 1 fully saturated rings. The van der Waals surface area contributed by atoms with Gasteiger partial charge < -0.3 is 14.5 Å². The van der Waals surface area contributed by atoms with E-state index < -0.39 is 0 Å². The number of ether oxygens (including phenoxy) is 1. The van der Waals surface area contributed by atoms with Crippen LogP contribution in [0.4, 0.5) is 10.1 Å². The maximum atomic E-state index is 13.5. The zero-order chi connectivity index (χ0) is 19.9. The molecule has 1 aliphatic heterocycles. The summed E-state index contributed by atoms with van der Waals surface area (Å²) in [5, 5.41) is 0. The predicted octanol–water partition coefficient (Wildman–Crippen LogP) is 3.17. The number of carbonyl (C=O) groups excluding carboxylic acids is 2. The van der Waals surface area contributed by atoms with Gasteiger partial charge in [-0.1, -0.05) is 31.2 Å². The molecule has 0 aromatic heterocycles. The van der Waals surface area contributed by atoms with E-state index in [1.54, 1.807) is 24.0 Å². The smallest absolute Gasteiger partial charge is 0.227 e. The van der Waals surface area contributed by atoms with Gasteiger partial charge in [-0.05, 0) is 35.4 Å². The third-order valence-electron chi connectivity index (χ3n) is 4.80. The summed E-state index contributed by atoms with van der Waals surface area (Å²) < 4.78 is 18.8. The van der Waals surface area contributed by atoms with Gasteiger partial charge in [-0.3, -0.25) is 9.59 Å². The molecule has 6 heteroatoms. The molecule has 1 saturated heterocycles. The minimum atomic E-state index is -0.321. The van der Waals surface area contributed by atoms with Crippen LogP contribution in [0, 0.1) is 5.82 Å². The predicted molar refractivity (Wildman–Crippen MR) is 105 cm³/mol. The molecule has 5 nitrogen and oxygen atoms in total. The average molecular weight is 384 g/mol. The van der Waals surface area contributed by atoms with Crippen LogP contribution in [0.5, 0.6) is 0 Å². The summed E-state index contributed by atoms with van der Waals surface area (Å²) in [6.07, 6.45) is 0.679. The molecule has 2 amide bonds. The van der Waals surface area contributed by atoms with Crippen LogP contribution in [0.25, 0.3) is 0 Å². The van der Waals surface area contributed by atoms with Crippen molar-refractivity contribution in [1.29, 1.82) is 0 Å². The zero-order valence-corrected chi connectivity index (χ0v) is 16.1. The van der Waals surface area contributed by atoms with Crippen molar-refractivity contribution in [2.24, 2.45) is 0 Å². The van der Waals surface area contributed by atoms with Crippen LogP contribution < -0.4 is 4.90 Å². The van der Waals surface area contributed by atoms with E-state index in [1.165, 1.54) is 12.1 Å². The highest BCUT2D eigenvalue weighted by molar-refractivity contribution is 5.93. The van der Waals surface area contributed by atoms with E-state index in [4.69, 9.17) is 4.74 Å². The topological polar surface area (TPSA) is 49.9 Å². The maximum absolute atomic E-state index is 13.5. The molecular formula is C22H25FN2O3. The van der Waals surface area contributed by atoms with Crippen LogP contribution in [-0.4, -0.2) is 43.0 Å². The van der Waals surface area contributed by atoms with Gasteiger partial charge in [-0.2, -0.15) is 0 Å². The first kappa shape index (κ1) is 20.0. The Morgan fingerprint density at radius 1 is 1.07 bits per heavy atom. The quantitative estimate of drug-likeness (QED) is 0.769. The van der Waals surface area contributed by atoms with Crippen molar-refractivity contribution in [2.75, 3.05) is 31.2 Å². The first-order chi connectivity index (χ1) is 13.6. The highest BCUT2D eigenvalue weighted by Gasteiger charge is 2.18. The maximum Gasteiger partial charge on any atom is 0.227 e. The van der Waals surface area contributed by atoms with E-state index in [-0.39, 0.29) is 17.6 Å². The molecule has 148 valence electrons. The summed E-state index contributed by atoms with van der Waals surface area (Å²) in [6.45, 7) is 4.52. The molecule has 0 N–H and O–H groups in total. The minimum absolute atomic E-state index is 0.0404. The van der Waals surface area contributed by atoms with Crippen LogP contribution in [-0.2, 0) is 27.3 Å². The van der Waals surface area contributed by atoms with E-state index in [9.17, 15) is 14.0 Å². The molecule has 3 rings (SSSR count). The highest BCUT2D eigenvalue weighted by atomic mass is 19.1. The van der Waals surface area contributed by atoms with Crippen LogP contribution in [0.15, 0.2) is 48.5 Å². The molecule has 28 heavy (non-hydrogen) atoms. The van der Waals surface area contributed by atoms with Crippen LogP contribution >= 0.6 is 0 Å². The Balaban J connectivity index is 1.70. The summed E-state index contributed by atoms with van der Waals surface area (Å²) >= 11 is 0. The number of halogens is 1. The van der Waals surface area contributed by atoms with Gasteiger partial charge in [-0.25, -0.2) is 4.39 Å². The molecule has 0 bridgehead atoms. The Labute approximate surface area is 164 Å². The number of carbonyl (C=O) groups is 2. The number of rotatable bonds is 6. The Morgan fingerprint density at radius 3 is 2.43 bits per heavy atom. The van der Waals surface area contributed by atoms with E-state index in [2.05, 4.69) is 0 Å². The van der Waals surface area contributed by atoms with Crippen molar-refractivity contribution in [3.05, 3.63) is 65.5 Å². The lowest BCUT2D eigenvalue weighted by Crippen LogP contribution is -2.41. The first-order valence-electron chi connectivity index (χ1n) is 9.56. The molecule has 1 heterocycles. The third-order valence-corrected chi connectivity index (χ3v) is 4.80. The van der Waals surface area contributed by atoms with Crippen molar-refractivity contribution in [2.45, 2.75) is 26.3 Å². The summed E-state index contributed by atoms with van der Waals surface area (Å²) in [6, 6.07) is 13.7. The van der Waals surface area contributed by atoms with Crippen molar-refractivity contribution >= 4 is 17.5 Å². The fourth-order valence-corrected chi connectivity index (χ4v) is 3.23. The number of morpholine rings is 1. The lowest BCUT2D eigenvalue weighted by atomic mass is 10.1. The van der Waals surface area contributed by atoms with Crippen molar-refractivity contribution in [3.8, 4) is 0 Å². The van der Waals surface area contributed by atoms with E-state index in [0.29, 0.717) is 45.7 Å². The standard InChI is InChI=1S/C22H25FN2O3/c1-2-21(26)25(16-18-4-3-5-19(23)14-18)20-8-6-17(7-9-20)15-22(27)24-10-12-28-13-11-24/h3-9,14H,2,10-13,15-16H2,1H3. The molecule has 2 aromatic rings. The van der Waals surface area contributed by atoms with Gasteiger partial charge in [0, 0.05) is 25.2 Å². The monoisotopic (exact) mass is 384 g/mol. The fourth-order valence-electron chi connectivity index (χ4n) is 3.23. The molecule has 1 aliphatic rings. The summed E-state index contributed by atoms with van der Waals surface area (Å²) in [5.41, 5.74) is 2.36. The van der Waals surface area contributed by atoms with E-state index in [0.717, 1.165) is 16.8 Å². The van der Waals surface area contributed by atoms with Gasteiger partial charge in [0.25, 0.3) is 0 Å². The Bertz CT molecular complexity index is 817. The lowest BCUT2D eigenvalue weighted by molar-refractivity contribution is -0.134. The molecular weight excluding hydrogens is 359 g/mol. The van der Waals surface area contributed by atoms with Gasteiger partial charge in [-0.15, -0.1) is 0 Å². The average Bonchev–Trinajstić information content (AvgIpc) is 2.73. The third kappa shape index (κ3) is 5.16. The van der Waals surface area contributed by atoms with Crippen molar-refractivity contribution in [3.63, 3.8) is 0 Å². The largest absolute Gasteiger partial charge is 0.378 e. The van der Waals surface area contributed by atoms with Gasteiger partial charge in [0.15, 0.2) is 0 Å². The zero-order valence-electron chi connectivity index (χ0n) is 16.1. The van der Waals surface area contributed by atoms with E-state index in [1.807, 2.05) is 29.2 Å². The summed E-state index contributed by atoms with van der Waals surface area (Å²) in [4.78, 5) is 28.3.